The van der Waals surface area contributed by atoms with Gasteiger partial charge in [-0.3, -0.25) is 9.59 Å². The summed E-state index contributed by atoms with van der Waals surface area (Å²) in [6.45, 7) is 9.28. The minimum Gasteiger partial charge on any atom is -0.459 e. The molecule has 122 valence electrons. The molecule has 0 N–H and O–H groups in total. The molecule has 1 aliphatic rings. The summed E-state index contributed by atoms with van der Waals surface area (Å²) in [6, 6.07) is 3.38. The third-order valence-electron chi connectivity index (χ3n) is 4.19. The summed E-state index contributed by atoms with van der Waals surface area (Å²) < 4.78 is 5.14. The van der Waals surface area contributed by atoms with Crippen molar-refractivity contribution in [2.75, 3.05) is 45.8 Å². The zero-order chi connectivity index (χ0) is 15.9. The molecule has 0 spiro atoms. The number of rotatable bonds is 6. The highest BCUT2D eigenvalue weighted by Gasteiger charge is 2.25. The minimum atomic E-state index is -0.0970. The Labute approximate surface area is 131 Å². The molecule has 0 radical (unpaired) electrons. The Bertz CT molecular complexity index is 475. The quantitative estimate of drug-likeness (QED) is 0.795. The number of piperazine rings is 1. The monoisotopic (exact) mass is 307 g/mol. The first kappa shape index (κ1) is 16.5. The molecule has 0 bridgehead atoms. The van der Waals surface area contributed by atoms with Crippen molar-refractivity contribution in [2.24, 2.45) is 0 Å². The van der Waals surface area contributed by atoms with Gasteiger partial charge in [-0.25, -0.2) is 0 Å². The molecule has 1 aromatic rings. The Morgan fingerprint density at radius 2 is 1.77 bits per heavy atom. The summed E-state index contributed by atoms with van der Waals surface area (Å²) in [5, 5.41) is 0. The number of amides is 2. The SMILES string of the molecule is CCN(CC)CCC(=O)N1CCN(C(=O)c2ccco2)CC1. The molecule has 1 saturated heterocycles. The van der Waals surface area contributed by atoms with Gasteiger partial charge in [0.1, 0.15) is 0 Å². The highest BCUT2D eigenvalue weighted by atomic mass is 16.3. The van der Waals surface area contributed by atoms with Gasteiger partial charge >= 0.3 is 0 Å². The molecule has 6 nitrogen and oxygen atoms in total. The van der Waals surface area contributed by atoms with E-state index >= 15 is 0 Å². The minimum absolute atomic E-state index is 0.0970. The number of nitrogens with zero attached hydrogens (tertiary/aromatic N) is 3. The van der Waals surface area contributed by atoms with E-state index in [4.69, 9.17) is 4.42 Å². The molecule has 2 amide bonds. The van der Waals surface area contributed by atoms with Crippen LogP contribution in [0.2, 0.25) is 0 Å². The van der Waals surface area contributed by atoms with E-state index < -0.39 is 0 Å². The van der Waals surface area contributed by atoms with Crippen LogP contribution in [0.3, 0.4) is 0 Å². The Balaban J connectivity index is 1.77. The van der Waals surface area contributed by atoms with E-state index in [-0.39, 0.29) is 11.8 Å². The second-order valence-corrected chi connectivity index (χ2v) is 5.43. The van der Waals surface area contributed by atoms with Crippen molar-refractivity contribution in [3.8, 4) is 0 Å². The summed E-state index contributed by atoms with van der Waals surface area (Å²) in [4.78, 5) is 30.2. The molecule has 6 heteroatoms. The molecule has 1 aliphatic heterocycles. The second-order valence-electron chi connectivity index (χ2n) is 5.43. The van der Waals surface area contributed by atoms with Gasteiger partial charge in [-0.15, -0.1) is 0 Å². The van der Waals surface area contributed by atoms with Crippen LogP contribution >= 0.6 is 0 Å². The Morgan fingerprint density at radius 1 is 1.14 bits per heavy atom. The maximum atomic E-state index is 12.2. The topological polar surface area (TPSA) is 57.0 Å². The maximum Gasteiger partial charge on any atom is 0.289 e. The molecule has 0 aromatic carbocycles. The number of carbonyl (C=O) groups is 2. The lowest BCUT2D eigenvalue weighted by Gasteiger charge is -2.34. The van der Waals surface area contributed by atoms with Crippen LogP contribution < -0.4 is 0 Å². The molecule has 1 aromatic heterocycles. The van der Waals surface area contributed by atoms with Gasteiger partial charge < -0.3 is 19.1 Å². The summed E-state index contributed by atoms with van der Waals surface area (Å²) >= 11 is 0. The predicted octanol–water partition coefficient (Wildman–Crippen LogP) is 1.30. The van der Waals surface area contributed by atoms with Crippen LogP contribution in [-0.4, -0.2) is 72.3 Å². The molecule has 0 unspecified atom stereocenters. The first-order chi connectivity index (χ1) is 10.7. The fourth-order valence-electron chi connectivity index (χ4n) is 2.67. The van der Waals surface area contributed by atoms with Gasteiger partial charge in [0.25, 0.3) is 5.91 Å². The summed E-state index contributed by atoms with van der Waals surface area (Å²) in [5.74, 6) is 0.443. The van der Waals surface area contributed by atoms with Crippen LogP contribution in [0.1, 0.15) is 30.8 Å². The molecule has 0 aliphatic carbocycles. The van der Waals surface area contributed by atoms with Crippen molar-refractivity contribution in [1.29, 1.82) is 0 Å². The first-order valence-corrected chi connectivity index (χ1v) is 7.98. The van der Waals surface area contributed by atoms with Crippen molar-refractivity contribution in [1.82, 2.24) is 14.7 Å². The molecule has 0 saturated carbocycles. The van der Waals surface area contributed by atoms with Crippen LogP contribution in [0.4, 0.5) is 0 Å². The molecular formula is C16H25N3O3. The first-order valence-electron chi connectivity index (χ1n) is 7.98. The Hall–Kier alpha value is -1.82. The third kappa shape index (κ3) is 4.10. The van der Waals surface area contributed by atoms with E-state index in [1.54, 1.807) is 17.0 Å². The van der Waals surface area contributed by atoms with Crippen LogP contribution in [0, 0.1) is 0 Å². The third-order valence-corrected chi connectivity index (χ3v) is 4.19. The van der Waals surface area contributed by atoms with Crippen molar-refractivity contribution >= 4 is 11.8 Å². The Kier molecular flexibility index (Phi) is 6.00. The van der Waals surface area contributed by atoms with Crippen LogP contribution in [0.25, 0.3) is 0 Å². The van der Waals surface area contributed by atoms with E-state index in [0.29, 0.717) is 38.4 Å². The highest BCUT2D eigenvalue weighted by molar-refractivity contribution is 5.91. The fraction of sp³-hybridized carbons (Fsp3) is 0.625. The Morgan fingerprint density at radius 3 is 2.32 bits per heavy atom. The van der Waals surface area contributed by atoms with Gasteiger partial charge in [0, 0.05) is 39.1 Å². The zero-order valence-corrected chi connectivity index (χ0v) is 13.5. The average Bonchev–Trinajstić information content (AvgIpc) is 3.09. The lowest BCUT2D eigenvalue weighted by Crippen LogP contribution is -2.51. The van der Waals surface area contributed by atoms with Crippen LogP contribution in [0.15, 0.2) is 22.8 Å². The van der Waals surface area contributed by atoms with Crippen LogP contribution in [-0.2, 0) is 4.79 Å². The molecule has 1 fully saturated rings. The zero-order valence-electron chi connectivity index (χ0n) is 13.5. The molecule has 0 atom stereocenters. The summed E-state index contributed by atoms with van der Waals surface area (Å²) in [7, 11) is 0. The lowest BCUT2D eigenvalue weighted by atomic mass is 10.2. The van der Waals surface area contributed by atoms with Crippen LogP contribution in [0.5, 0.6) is 0 Å². The molecular weight excluding hydrogens is 282 g/mol. The van der Waals surface area contributed by atoms with Crippen molar-refractivity contribution in [3.05, 3.63) is 24.2 Å². The van der Waals surface area contributed by atoms with Gasteiger partial charge in [0.05, 0.1) is 6.26 Å². The standard InChI is InChI=1S/C16H25N3O3/c1-3-17(4-2)8-7-15(20)18-9-11-19(12-10-18)16(21)14-6-5-13-22-14/h5-6,13H,3-4,7-12H2,1-2H3. The largest absolute Gasteiger partial charge is 0.459 e. The van der Waals surface area contributed by atoms with Gasteiger partial charge in [-0.05, 0) is 25.2 Å². The van der Waals surface area contributed by atoms with E-state index in [1.807, 2.05) is 4.90 Å². The molecule has 22 heavy (non-hydrogen) atoms. The number of hydrogen-bond donors (Lipinski definition) is 0. The van der Waals surface area contributed by atoms with E-state index in [9.17, 15) is 9.59 Å². The summed E-state index contributed by atoms with van der Waals surface area (Å²) in [6.07, 6.45) is 2.05. The van der Waals surface area contributed by atoms with E-state index in [2.05, 4.69) is 18.7 Å². The highest BCUT2D eigenvalue weighted by Crippen LogP contribution is 2.10. The second kappa shape index (κ2) is 7.98. The predicted molar refractivity (Wildman–Crippen MR) is 83.6 cm³/mol. The maximum absolute atomic E-state index is 12.2. The van der Waals surface area contributed by atoms with Crippen molar-refractivity contribution in [2.45, 2.75) is 20.3 Å². The average molecular weight is 307 g/mol. The molecule has 2 heterocycles. The fourth-order valence-corrected chi connectivity index (χ4v) is 2.67. The number of furan rings is 1. The summed E-state index contributed by atoms with van der Waals surface area (Å²) in [5.41, 5.74) is 0. The van der Waals surface area contributed by atoms with Crippen molar-refractivity contribution < 1.29 is 14.0 Å². The lowest BCUT2D eigenvalue weighted by molar-refractivity contribution is -0.133. The van der Waals surface area contributed by atoms with Crippen molar-refractivity contribution in [3.63, 3.8) is 0 Å². The van der Waals surface area contributed by atoms with Gasteiger partial charge in [0.15, 0.2) is 5.76 Å². The normalized spacial score (nSPS) is 15.4. The van der Waals surface area contributed by atoms with Gasteiger partial charge in [-0.2, -0.15) is 0 Å². The van der Waals surface area contributed by atoms with E-state index in [0.717, 1.165) is 19.6 Å². The number of carbonyl (C=O) groups excluding carboxylic acids is 2. The smallest absolute Gasteiger partial charge is 0.289 e. The van der Waals surface area contributed by atoms with Gasteiger partial charge in [0.2, 0.25) is 5.91 Å². The molecule has 2 rings (SSSR count). The van der Waals surface area contributed by atoms with E-state index in [1.165, 1.54) is 6.26 Å². The number of hydrogen-bond acceptors (Lipinski definition) is 4. The van der Waals surface area contributed by atoms with Gasteiger partial charge in [-0.1, -0.05) is 13.8 Å².